The van der Waals surface area contributed by atoms with E-state index in [1.807, 2.05) is 12.1 Å². The van der Waals surface area contributed by atoms with Crippen molar-refractivity contribution in [1.29, 1.82) is 0 Å². The molecular weight excluding hydrogens is 312 g/mol. The monoisotopic (exact) mass is 330 g/mol. The number of primary amides is 1. The fraction of sp³-hybridized carbons (Fsp3) is 0.462. The molecule has 0 aliphatic heterocycles. The molecule has 0 saturated carbocycles. The number of nitrogens with two attached hydrogens (primary N) is 2. The first-order valence-corrected chi connectivity index (χ1v) is 7.67. The lowest BCUT2D eigenvalue weighted by Crippen LogP contribution is -2.49. The van der Waals surface area contributed by atoms with Gasteiger partial charge in [0, 0.05) is 9.37 Å². The largest absolute Gasteiger partial charge is 0.368 e. The average Bonchev–Trinajstić information content (AvgIpc) is 2.28. The normalized spacial score (nSPS) is 14.2. The minimum atomic E-state index is -0.875. The maximum Gasteiger partial charge on any atom is 0.237 e. The fourth-order valence-corrected chi connectivity index (χ4v) is 2.98. The van der Waals surface area contributed by atoms with Gasteiger partial charge in [-0.15, -0.1) is 11.8 Å². The topological polar surface area (TPSA) is 69.1 Å². The molecule has 0 bridgehead atoms. The summed E-state index contributed by atoms with van der Waals surface area (Å²) in [6, 6.07) is 8.22. The lowest BCUT2D eigenvalue weighted by molar-refractivity contribution is -0.122. The van der Waals surface area contributed by atoms with Crippen LogP contribution in [0.5, 0.6) is 0 Å². The van der Waals surface area contributed by atoms with E-state index in [4.69, 9.17) is 11.5 Å². The third kappa shape index (κ3) is 5.42. The number of benzene rings is 1. The standard InChI is InChI=1S/C13H19BrN2OS/c1-13(16,12(15)17)7-2-3-8-18-11-6-4-5-10(14)9-11/h4-6,9H,2-3,7-8,16H2,1H3,(H2,15,17). The Kier molecular flexibility index (Phi) is 6.18. The van der Waals surface area contributed by atoms with Crippen molar-refractivity contribution in [3.63, 3.8) is 0 Å². The Hall–Kier alpha value is -0.520. The van der Waals surface area contributed by atoms with Gasteiger partial charge in [0.25, 0.3) is 0 Å². The van der Waals surface area contributed by atoms with E-state index in [-0.39, 0.29) is 0 Å². The summed E-state index contributed by atoms with van der Waals surface area (Å²) in [6.45, 7) is 1.69. The molecule has 0 spiro atoms. The first-order chi connectivity index (χ1) is 8.42. The Morgan fingerprint density at radius 1 is 1.44 bits per heavy atom. The molecule has 1 aromatic carbocycles. The Labute approximate surface area is 121 Å². The minimum absolute atomic E-state index is 0.429. The van der Waals surface area contributed by atoms with Crippen molar-refractivity contribution in [2.45, 2.75) is 36.6 Å². The molecule has 1 atom stereocenters. The van der Waals surface area contributed by atoms with Gasteiger partial charge in [0.1, 0.15) is 0 Å². The summed E-state index contributed by atoms with van der Waals surface area (Å²) < 4.78 is 1.09. The smallest absolute Gasteiger partial charge is 0.237 e. The maximum absolute atomic E-state index is 11.0. The third-order valence-electron chi connectivity index (χ3n) is 2.72. The molecular formula is C13H19BrN2OS. The molecule has 4 N–H and O–H groups in total. The van der Waals surface area contributed by atoms with Gasteiger partial charge in [-0.05, 0) is 43.7 Å². The summed E-state index contributed by atoms with van der Waals surface area (Å²) in [5.41, 5.74) is 10.1. The van der Waals surface area contributed by atoms with Gasteiger partial charge in [0.05, 0.1) is 5.54 Å². The number of carbonyl (C=O) groups excluding carboxylic acids is 1. The first-order valence-electron chi connectivity index (χ1n) is 5.89. The SMILES string of the molecule is CC(N)(CCCCSc1cccc(Br)c1)C(N)=O. The van der Waals surface area contributed by atoms with Crippen LogP contribution < -0.4 is 11.5 Å². The number of hydrogen-bond acceptors (Lipinski definition) is 3. The third-order valence-corrected chi connectivity index (χ3v) is 4.29. The van der Waals surface area contributed by atoms with E-state index in [0.29, 0.717) is 6.42 Å². The van der Waals surface area contributed by atoms with Crippen molar-refractivity contribution in [3.05, 3.63) is 28.7 Å². The molecule has 3 nitrogen and oxygen atoms in total. The van der Waals surface area contributed by atoms with Crippen LogP contribution in [-0.2, 0) is 4.79 Å². The lowest BCUT2D eigenvalue weighted by Gasteiger charge is -2.19. The second-order valence-electron chi connectivity index (χ2n) is 4.54. The molecule has 0 heterocycles. The predicted octanol–water partition coefficient (Wildman–Crippen LogP) is 2.91. The van der Waals surface area contributed by atoms with E-state index < -0.39 is 11.4 Å². The number of rotatable bonds is 7. The van der Waals surface area contributed by atoms with E-state index in [1.165, 1.54) is 4.90 Å². The number of thioether (sulfide) groups is 1. The van der Waals surface area contributed by atoms with Crippen LogP contribution in [-0.4, -0.2) is 17.2 Å². The van der Waals surface area contributed by atoms with E-state index in [2.05, 4.69) is 28.1 Å². The van der Waals surface area contributed by atoms with Gasteiger partial charge in [0.15, 0.2) is 0 Å². The zero-order chi connectivity index (χ0) is 13.6. The number of unbranched alkanes of at least 4 members (excludes halogenated alkanes) is 1. The van der Waals surface area contributed by atoms with Gasteiger partial charge >= 0.3 is 0 Å². The molecule has 0 aliphatic rings. The van der Waals surface area contributed by atoms with Crippen LogP contribution in [0.1, 0.15) is 26.2 Å². The number of amides is 1. The lowest BCUT2D eigenvalue weighted by atomic mass is 9.96. The van der Waals surface area contributed by atoms with Gasteiger partial charge in [-0.3, -0.25) is 4.79 Å². The Balaban J connectivity index is 2.22. The second-order valence-corrected chi connectivity index (χ2v) is 6.63. The average molecular weight is 331 g/mol. The quantitative estimate of drug-likeness (QED) is 0.596. The van der Waals surface area contributed by atoms with Gasteiger partial charge in [-0.2, -0.15) is 0 Å². The van der Waals surface area contributed by atoms with Crippen molar-refractivity contribution < 1.29 is 4.79 Å². The second kappa shape index (κ2) is 7.16. The van der Waals surface area contributed by atoms with Crippen LogP contribution >= 0.6 is 27.7 Å². The van der Waals surface area contributed by atoms with Crippen molar-refractivity contribution in [3.8, 4) is 0 Å². The summed E-state index contributed by atoms with van der Waals surface area (Å²) in [5.74, 6) is 0.591. The Bertz CT molecular complexity index is 410. The summed E-state index contributed by atoms with van der Waals surface area (Å²) in [7, 11) is 0. The van der Waals surface area contributed by atoms with E-state index in [1.54, 1.807) is 18.7 Å². The van der Waals surface area contributed by atoms with E-state index in [0.717, 1.165) is 23.1 Å². The minimum Gasteiger partial charge on any atom is -0.368 e. The van der Waals surface area contributed by atoms with Crippen LogP contribution in [0, 0.1) is 0 Å². The van der Waals surface area contributed by atoms with Crippen molar-refractivity contribution in [2.75, 3.05) is 5.75 Å². The fourth-order valence-electron chi connectivity index (χ4n) is 1.46. The van der Waals surface area contributed by atoms with Crippen LogP contribution in [0.4, 0.5) is 0 Å². The summed E-state index contributed by atoms with van der Waals surface area (Å²) in [4.78, 5) is 12.3. The van der Waals surface area contributed by atoms with Gasteiger partial charge in [-0.1, -0.05) is 28.4 Å². The van der Waals surface area contributed by atoms with Crippen LogP contribution in [0.15, 0.2) is 33.6 Å². The van der Waals surface area contributed by atoms with Crippen LogP contribution in [0.3, 0.4) is 0 Å². The molecule has 18 heavy (non-hydrogen) atoms. The molecule has 1 unspecified atom stereocenters. The Morgan fingerprint density at radius 3 is 2.78 bits per heavy atom. The molecule has 1 aromatic rings. The Morgan fingerprint density at radius 2 is 2.17 bits per heavy atom. The van der Waals surface area contributed by atoms with Crippen LogP contribution in [0.2, 0.25) is 0 Å². The highest BCUT2D eigenvalue weighted by atomic mass is 79.9. The molecule has 1 rings (SSSR count). The molecule has 5 heteroatoms. The molecule has 0 radical (unpaired) electrons. The number of carbonyl (C=O) groups is 1. The van der Waals surface area contributed by atoms with Crippen molar-refractivity contribution in [1.82, 2.24) is 0 Å². The van der Waals surface area contributed by atoms with Crippen molar-refractivity contribution in [2.24, 2.45) is 11.5 Å². The highest BCUT2D eigenvalue weighted by molar-refractivity contribution is 9.10. The van der Waals surface area contributed by atoms with E-state index in [9.17, 15) is 4.79 Å². The van der Waals surface area contributed by atoms with Crippen LogP contribution in [0.25, 0.3) is 0 Å². The highest BCUT2D eigenvalue weighted by Gasteiger charge is 2.24. The predicted molar refractivity (Wildman–Crippen MR) is 80.5 cm³/mol. The highest BCUT2D eigenvalue weighted by Crippen LogP contribution is 2.23. The van der Waals surface area contributed by atoms with Gasteiger partial charge in [0.2, 0.25) is 5.91 Å². The summed E-state index contributed by atoms with van der Waals surface area (Å²) in [5, 5.41) is 0. The van der Waals surface area contributed by atoms with Gasteiger partial charge in [-0.25, -0.2) is 0 Å². The molecule has 0 aromatic heterocycles. The molecule has 0 fully saturated rings. The molecule has 1 amide bonds. The molecule has 100 valence electrons. The van der Waals surface area contributed by atoms with Crippen molar-refractivity contribution >= 4 is 33.6 Å². The van der Waals surface area contributed by atoms with Gasteiger partial charge < -0.3 is 11.5 Å². The summed E-state index contributed by atoms with van der Waals surface area (Å²) >= 11 is 5.25. The zero-order valence-electron chi connectivity index (χ0n) is 10.5. The zero-order valence-corrected chi connectivity index (χ0v) is 12.9. The summed E-state index contributed by atoms with van der Waals surface area (Å²) in [6.07, 6.45) is 2.58. The number of hydrogen-bond donors (Lipinski definition) is 2. The molecule has 0 aliphatic carbocycles. The molecule has 0 saturated heterocycles. The number of halogens is 1. The maximum atomic E-state index is 11.0. The first kappa shape index (κ1) is 15.5. The van der Waals surface area contributed by atoms with E-state index >= 15 is 0 Å².